The van der Waals surface area contributed by atoms with E-state index in [9.17, 15) is 18.8 Å². The van der Waals surface area contributed by atoms with Crippen LogP contribution in [0.3, 0.4) is 0 Å². The first-order valence-electron chi connectivity index (χ1n) is 11.1. The topological polar surface area (TPSA) is 98.4 Å². The number of benzene rings is 1. The second kappa shape index (κ2) is 7.48. The van der Waals surface area contributed by atoms with Crippen molar-refractivity contribution in [1.82, 2.24) is 25.1 Å². The summed E-state index contributed by atoms with van der Waals surface area (Å²) in [5.74, 6) is -0.916. The Morgan fingerprint density at radius 3 is 2.76 bits per heavy atom. The molecule has 2 N–H and O–H groups in total. The van der Waals surface area contributed by atoms with E-state index < -0.39 is 18.1 Å². The summed E-state index contributed by atoms with van der Waals surface area (Å²) in [7, 11) is 0. The highest BCUT2D eigenvalue weighted by Gasteiger charge is 2.39. The van der Waals surface area contributed by atoms with Gasteiger partial charge in [-0.25, -0.2) is 9.37 Å². The average Bonchev–Trinajstić information content (AvgIpc) is 3.37. The van der Waals surface area contributed by atoms with E-state index in [4.69, 9.17) is 4.98 Å². The van der Waals surface area contributed by atoms with Crippen LogP contribution in [0.2, 0.25) is 0 Å². The van der Waals surface area contributed by atoms with Crippen LogP contribution in [0, 0.1) is 0 Å². The number of nitrogens with zero attached hydrogens (tertiary/aromatic N) is 3. The van der Waals surface area contributed by atoms with E-state index in [0.717, 1.165) is 33.4 Å². The number of rotatable bonds is 4. The SMILES string of the molecule is O=C1CCC(N2Cc3cc(-c4cc(CN5CC(F)C5)c5cc[nH]c5n4)ccc3C2=O)C(=O)N1. The van der Waals surface area contributed by atoms with Crippen LogP contribution in [-0.2, 0) is 22.7 Å². The summed E-state index contributed by atoms with van der Waals surface area (Å²) < 4.78 is 13.3. The van der Waals surface area contributed by atoms with Gasteiger partial charge in [-0.3, -0.25) is 24.6 Å². The summed E-state index contributed by atoms with van der Waals surface area (Å²) in [6.45, 7) is 1.86. The van der Waals surface area contributed by atoms with Gasteiger partial charge >= 0.3 is 0 Å². The standard InChI is InChI=1S/C24H22FN5O3/c25-16-11-29(12-16)9-15-8-19(27-22-17(15)5-6-26-22)13-1-2-18-14(7-13)10-30(24(18)33)20-3-4-21(31)28-23(20)32/h1-2,5-8,16,20H,3-4,9-12H2,(H,26,27)(H,28,31,32). The maximum absolute atomic E-state index is 13.3. The lowest BCUT2D eigenvalue weighted by Crippen LogP contribution is -2.52. The molecule has 168 valence electrons. The first-order chi connectivity index (χ1) is 16.0. The molecule has 3 aliphatic heterocycles. The second-order valence-corrected chi connectivity index (χ2v) is 8.97. The Labute approximate surface area is 188 Å². The van der Waals surface area contributed by atoms with E-state index in [2.05, 4.69) is 15.2 Å². The van der Waals surface area contributed by atoms with E-state index in [1.165, 1.54) is 0 Å². The lowest BCUT2D eigenvalue weighted by Gasteiger charge is -2.34. The number of imide groups is 1. The minimum atomic E-state index is -0.755. The minimum Gasteiger partial charge on any atom is -0.346 e. The number of aromatic nitrogens is 2. The zero-order valence-electron chi connectivity index (χ0n) is 17.8. The molecule has 3 aromatic rings. The maximum Gasteiger partial charge on any atom is 0.255 e. The van der Waals surface area contributed by atoms with Crippen LogP contribution >= 0.6 is 0 Å². The predicted octanol–water partition coefficient (Wildman–Crippen LogP) is 2.14. The lowest BCUT2D eigenvalue weighted by atomic mass is 10.0. The molecule has 1 atom stereocenters. The number of likely N-dealkylation sites (tertiary alicyclic amines) is 1. The van der Waals surface area contributed by atoms with E-state index >= 15 is 0 Å². The third-order valence-electron chi connectivity index (χ3n) is 6.74. The highest BCUT2D eigenvalue weighted by Crippen LogP contribution is 2.32. The van der Waals surface area contributed by atoms with Crippen LogP contribution in [0.1, 0.15) is 34.3 Å². The molecule has 0 radical (unpaired) electrons. The van der Waals surface area contributed by atoms with E-state index in [1.807, 2.05) is 30.5 Å². The molecule has 1 unspecified atom stereocenters. The summed E-state index contributed by atoms with van der Waals surface area (Å²) in [6, 6.07) is 8.96. The number of nitrogens with one attached hydrogen (secondary N) is 2. The van der Waals surface area contributed by atoms with E-state index in [-0.39, 0.29) is 18.2 Å². The van der Waals surface area contributed by atoms with Gasteiger partial charge in [-0.2, -0.15) is 0 Å². The van der Waals surface area contributed by atoms with Crippen molar-refractivity contribution in [3.05, 3.63) is 53.2 Å². The molecule has 2 saturated heterocycles. The smallest absolute Gasteiger partial charge is 0.255 e. The maximum atomic E-state index is 13.3. The Bertz CT molecular complexity index is 1310. The van der Waals surface area contributed by atoms with Gasteiger partial charge in [0.25, 0.3) is 5.91 Å². The largest absolute Gasteiger partial charge is 0.346 e. The van der Waals surface area contributed by atoms with Gasteiger partial charge in [0.1, 0.15) is 17.9 Å². The molecule has 2 aromatic heterocycles. The van der Waals surface area contributed by atoms with Crippen molar-refractivity contribution in [2.75, 3.05) is 13.1 Å². The molecule has 8 nitrogen and oxygen atoms in total. The number of piperidine rings is 1. The number of halogens is 1. The molecule has 1 aromatic carbocycles. The molecule has 33 heavy (non-hydrogen) atoms. The third-order valence-corrected chi connectivity index (χ3v) is 6.74. The molecule has 3 amide bonds. The Morgan fingerprint density at radius 2 is 1.97 bits per heavy atom. The molecule has 0 saturated carbocycles. The quantitative estimate of drug-likeness (QED) is 0.598. The summed E-state index contributed by atoms with van der Waals surface area (Å²) in [5.41, 5.74) is 4.88. The zero-order valence-corrected chi connectivity index (χ0v) is 17.8. The van der Waals surface area contributed by atoms with E-state index in [0.29, 0.717) is 38.2 Å². The number of hydrogen-bond acceptors (Lipinski definition) is 5. The first kappa shape index (κ1) is 20.0. The van der Waals surface area contributed by atoms with Gasteiger partial charge in [0.05, 0.1) is 5.69 Å². The Morgan fingerprint density at radius 1 is 1.12 bits per heavy atom. The molecule has 5 heterocycles. The van der Waals surface area contributed by atoms with Crippen molar-refractivity contribution in [3.63, 3.8) is 0 Å². The number of pyridine rings is 1. The molecule has 0 spiro atoms. The van der Waals surface area contributed by atoms with Gasteiger partial charge in [0, 0.05) is 55.3 Å². The van der Waals surface area contributed by atoms with E-state index in [1.54, 1.807) is 11.0 Å². The van der Waals surface area contributed by atoms with Gasteiger partial charge in [0.2, 0.25) is 11.8 Å². The van der Waals surface area contributed by atoms with Crippen LogP contribution in [0.5, 0.6) is 0 Å². The van der Waals surface area contributed by atoms with Gasteiger partial charge in [-0.05, 0) is 41.8 Å². The normalized spacial score (nSPS) is 21.4. The van der Waals surface area contributed by atoms with Crippen molar-refractivity contribution in [1.29, 1.82) is 0 Å². The fraction of sp³-hybridized carbons (Fsp3) is 0.333. The minimum absolute atomic E-state index is 0.196. The van der Waals surface area contributed by atoms with Crippen LogP contribution in [0.25, 0.3) is 22.3 Å². The molecule has 2 fully saturated rings. The Kier molecular flexibility index (Phi) is 4.55. The molecule has 0 aliphatic carbocycles. The third kappa shape index (κ3) is 3.39. The van der Waals surface area contributed by atoms with Gasteiger partial charge in [-0.15, -0.1) is 0 Å². The fourth-order valence-electron chi connectivity index (χ4n) is 5.00. The Hall–Kier alpha value is -3.59. The Balaban J connectivity index is 1.31. The highest BCUT2D eigenvalue weighted by molar-refractivity contribution is 6.05. The number of aromatic amines is 1. The van der Waals surface area contributed by atoms with Crippen LogP contribution in [0.15, 0.2) is 36.5 Å². The molecular weight excluding hydrogens is 425 g/mol. The number of hydrogen-bond donors (Lipinski definition) is 2. The first-order valence-corrected chi connectivity index (χ1v) is 11.1. The number of alkyl halides is 1. The highest BCUT2D eigenvalue weighted by atomic mass is 19.1. The summed E-state index contributed by atoms with van der Waals surface area (Å²) >= 11 is 0. The molecular formula is C24H22FN5O3. The van der Waals surface area contributed by atoms with Crippen molar-refractivity contribution in [2.45, 2.75) is 38.1 Å². The number of carbonyl (C=O) groups excluding carboxylic acids is 3. The molecule has 6 rings (SSSR count). The number of carbonyl (C=O) groups is 3. The summed E-state index contributed by atoms with van der Waals surface area (Å²) in [5, 5.41) is 3.34. The van der Waals surface area contributed by atoms with Gasteiger partial charge in [0.15, 0.2) is 0 Å². The summed E-state index contributed by atoms with van der Waals surface area (Å²) in [4.78, 5) is 48.2. The van der Waals surface area contributed by atoms with Gasteiger partial charge < -0.3 is 9.88 Å². The number of H-pyrrole nitrogens is 1. The molecule has 0 bridgehead atoms. The average molecular weight is 447 g/mol. The monoisotopic (exact) mass is 447 g/mol. The zero-order chi connectivity index (χ0) is 22.7. The molecule has 3 aliphatic rings. The predicted molar refractivity (Wildman–Crippen MR) is 118 cm³/mol. The fourth-order valence-corrected chi connectivity index (χ4v) is 5.00. The summed E-state index contributed by atoms with van der Waals surface area (Å²) in [6.07, 6.45) is 1.65. The van der Waals surface area contributed by atoms with Crippen LogP contribution in [0.4, 0.5) is 4.39 Å². The van der Waals surface area contributed by atoms with Crippen molar-refractivity contribution in [3.8, 4) is 11.3 Å². The van der Waals surface area contributed by atoms with Crippen molar-refractivity contribution >= 4 is 28.8 Å². The molecule has 9 heteroatoms. The lowest BCUT2D eigenvalue weighted by molar-refractivity contribution is -0.136. The van der Waals surface area contributed by atoms with Crippen LogP contribution in [-0.4, -0.2) is 62.8 Å². The van der Waals surface area contributed by atoms with Crippen LogP contribution < -0.4 is 5.32 Å². The van der Waals surface area contributed by atoms with Crippen molar-refractivity contribution in [2.24, 2.45) is 0 Å². The number of amides is 3. The van der Waals surface area contributed by atoms with Gasteiger partial charge in [-0.1, -0.05) is 6.07 Å². The van der Waals surface area contributed by atoms with Crippen molar-refractivity contribution < 1.29 is 18.8 Å². The number of fused-ring (bicyclic) bond motifs is 2. The second-order valence-electron chi connectivity index (χ2n) is 8.97.